The molecule has 0 bridgehead atoms. The van der Waals surface area contributed by atoms with E-state index in [1.165, 1.54) is 0 Å². The summed E-state index contributed by atoms with van der Waals surface area (Å²) in [5, 5.41) is 2.26. The monoisotopic (exact) mass is 527 g/mol. The average molecular weight is 528 g/mol. The fourth-order valence-corrected chi connectivity index (χ4v) is 5.15. The molecule has 0 aliphatic carbocycles. The molecular weight excluding hydrogens is 505 g/mol. The number of fused-ring (bicyclic) bond motifs is 1. The highest BCUT2D eigenvalue weighted by molar-refractivity contribution is 6.31. The van der Waals surface area contributed by atoms with Crippen molar-refractivity contribution >= 4 is 46.0 Å². The summed E-state index contributed by atoms with van der Waals surface area (Å²) in [6.07, 6.45) is 3.71. The quantitative estimate of drug-likeness (QED) is 0.273. The van der Waals surface area contributed by atoms with Crippen molar-refractivity contribution in [2.45, 2.75) is 0 Å². The molecule has 0 radical (unpaired) electrons. The second kappa shape index (κ2) is 9.88. The van der Waals surface area contributed by atoms with Gasteiger partial charge in [-0.1, -0.05) is 59.6 Å². The lowest BCUT2D eigenvalue weighted by molar-refractivity contribution is 0.0746. The van der Waals surface area contributed by atoms with Crippen LogP contribution in [0.4, 0.5) is 5.82 Å². The Hall–Kier alpha value is -3.87. The van der Waals surface area contributed by atoms with Crippen LogP contribution in [0.5, 0.6) is 0 Å². The number of hydrogen-bond acceptors (Lipinski definition) is 4. The minimum atomic E-state index is 0.0150. The predicted octanol–water partition coefficient (Wildman–Crippen LogP) is 6.36. The van der Waals surface area contributed by atoms with Crippen LogP contribution in [0.15, 0.2) is 91.4 Å². The average Bonchev–Trinajstić information content (AvgIpc) is 3.34. The van der Waals surface area contributed by atoms with Gasteiger partial charge in [-0.15, -0.1) is 0 Å². The van der Waals surface area contributed by atoms with Gasteiger partial charge < -0.3 is 14.4 Å². The van der Waals surface area contributed by atoms with Crippen LogP contribution < -0.4 is 4.90 Å². The molecule has 184 valence electrons. The standard InChI is InChI=1S/C29H23Cl2N5O/c30-22-11-9-21(10-12-22)29(37)35-15-13-34(14-16-35)27-26-25(20-5-2-1-3-6-20)18-36(28(26)33-19-32-27)24-8-4-7-23(31)17-24/h1-12,17-19H,13-16H2. The highest BCUT2D eigenvalue weighted by Gasteiger charge is 2.26. The highest BCUT2D eigenvalue weighted by atomic mass is 35.5. The van der Waals surface area contributed by atoms with Gasteiger partial charge in [0.1, 0.15) is 12.1 Å². The van der Waals surface area contributed by atoms with Gasteiger partial charge in [0.15, 0.2) is 5.65 Å². The number of rotatable bonds is 4. The Balaban J connectivity index is 1.37. The van der Waals surface area contributed by atoms with E-state index in [-0.39, 0.29) is 5.91 Å². The molecule has 1 fully saturated rings. The van der Waals surface area contributed by atoms with Crippen LogP contribution >= 0.6 is 23.2 Å². The molecule has 1 amide bonds. The zero-order valence-corrected chi connectivity index (χ0v) is 21.4. The fraction of sp³-hybridized carbons (Fsp3) is 0.138. The third-order valence-corrected chi connectivity index (χ3v) is 7.18. The van der Waals surface area contributed by atoms with Crippen molar-refractivity contribution < 1.29 is 4.79 Å². The molecule has 3 heterocycles. The molecule has 0 saturated carbocycles. The lowest BCUT2D eigenvalue weighted by atomic mass is 10.1. The lowest BCUT2D eigenvalue weighted by Crippen LogP contribution is -2.49. The van der Waals surface area contributed by atoms with E-state index >= 15 is 0 Å². The summed E-state index contributed by atoms with van der Waals surface area (Å²) >= 11 is 12.3. The summed E-state index contributed by atoms with van der Waals surface area (Å²) in [6.45, 7) is 2.54. The summed E-state index contributed by atoms with van der Waals surface area (Å²) in [5.41, 5.74) is 4.52. The van der Waals surface area contributed by atoms with Gasteiger partial charge >= 0.3 is 0 Å². The number of anilines is 1. The van der Waals surface area contributed by atoms with Gasteiger partial charge in [-0.3, -0.25) is 4.79 Å². The van der Waals surface area contributed by atoms with Crippen LogP contribution in [0.25, 0.3) is 27.8 Å². The van der Waals surface area contributed by atoms with Crippen molar-refractivity contribution in [3.05, 3.63) is 107 Å². The molecule has 0 spiro atoms. The van der Waals surface area contributed by atoms with E-state index in [1.807, 2.05) is 47.4 Å². The Labute approximate surface area is 224 Å². The van der Waals surface area contributed by atoms with Gasteiger partial charge in [0.2, 0.25) is 0 Å². The number of halogens is 2. The maximum atomic E-state index is 13.0. The normalized spacial score (nSPS) is 13.8. The van der Waals surface area contributed by atoms with Crippen LogP contribution in [0, 0.1) is 0 Å². The first kappa shape index (κ1) is 23.5. The van der Waals surface area contributed by atoms with Crippen molar-refractivity contribution in [2.75, 3.05) is 31.1 Å². The Kier molecular flexibility index (Phi) is 6.28. The van der Waals surface area contributed by atoms with Gasteiger partial charge in [-0.2, -0.15) is 0 Å². The third kappa shape index (κ3) is 4.54. The van der Waals surface area contributed by atoms with Gasteiger partial charge in [-0.25, -0.2) is 9.97 Å². The molecule has 1 aliphatic rings. The second-order valence-electron chi connectivity index (χ2n) is 8.94. The number of carbonyl (C=O) groups is 1. The number of amides is 1. The third-order valence-electron chi connectivity index (χ3n) is 6.69. The molecule has 0 N–H and O–H groups in total. The molecule has 2 aromatic heterocycles. The molecule has 1 aliphatic heterocycles. The predicted molar refractivity (Wildman–Crippen MR) is 149 cm³/mol. The first-order valence-corrected chi connectivity index (χ1v) is 12.8. The van der Waals surface area contributed by atoms with Crippen molar-refractivity contribution in [1.82, 2.24) is 19.4 Å². The molecule has 6 nitrogen and oxygen atoms in total. The minimum absolute atomic E-state index is 0.0150. The lowest BCUT2D eigenvalue weighted by Gasteiger charge is -2.35. The second-order valence-corrected chi connectivity index (χ2v) is 9.81. The van der Waals surface area contributed by atoms with Crippen molar-refractivity contribution in [1.29, 1.82) is 0 Å². The Bertz CT molecular complexity index is 1580. The molecule has 6 rings (SSSR count). The number of piperazine rings is 1. The molecule has 5 aromatic rings. The molecule has 3 aromatic carbocycles. The molecular formula is C29H23Cl2N5O. The fourth-order valence-electron chi connectivity index (χ4n) is 4.84. The van der Waals surface area contributed by atoms with Crippen LogP contribution in [-0.2, 0) is 0 Å². The van der Waals surface area contributed by atoms with Gasteiger partial charge in [0, 0.05) is 59.2 Å². The van der Waals surface area contributed by atoms with E-state index in [4.69, 9.17) is 28.2 Å². The summed E-state index contributed by atoms with van der Waals surface area (Å²) in [4.78, 5) is 26.6. The zero-order chi connectivity index (χ0) is 25.4. The topological polar surface area (TPSA) is 54.3 Å². The number of aromatic nitrogens is 3. The zero-order valence-electron chi connectivity index (χ0n) is 19.9. The molecule has 0 unspecified atom stereocenters. The smallest absolute Gasteiger partial charge is 0.253 e. The number of nitrogens with zero attached hydrogens (tertiary/aromatic N) is 5. The van der Waals surface area contributed by atoms with E-state index in [2.05, 4.69) is 32.8 Å². The van der Waals surface area contributed by atoms with Crippen molar-refractivity contribution in [2.24, 2.45) is 0 Å². The SMILES string of the molecule is O=C(c1ccc(Cl)cc1)N1CCN(c2ncnc3c2c(-c2ccccc2)cn3-c2cccc(Cl)c2)CC1. The van der Waals surface area contributed by atoms with Crippen molar-refractivity contribution in [3.8, 4) is 16.8 Å². The summed E-state index contributed by atoms with van der Waals surface area (Å²) in [5.74, 6) is 0.879. The summed E-state index contributed by atoms with van der Waals surface area (Å²) in [7, 11) is 0. The number of benzene rings is 3. The van der Waals surface area contributed by atoms with E-state index in [0.29, 0.717) is 41.8 Å². The number of hydrogen-bond donors (Lipinski definition) is 0. The van der Waals surface area contributed by atoms with Crippen molar-refractivity contribution in [3.63, 3.8) is 0 Å². The summed E-state index contributed by atoms with van der Waals surface area (Å²) < 4.78 is 2.06. The maximum Gasteiger partial charge on any atom is 0.253 e. The molecule has 37 heavy (non-hydrogen) atoms. The first-order valence-electron chi connectivity index (χ1n) is 12.1. The van der Waals surface area contributed by atoms with Gasteiger partial charge in [-0.05, 0) is 48.0 Å². The largest absolute Gasteiger partial charge is 0.352 e. The van der Waals surface area contributed by atoms with E-state index in [9.17, 15) is 4.79 Å². The van der Waals surface area contributed by atoms with Crippen LogP contribution in [0.1, 0.15) is 10.4 Å². The minimum Gasteiger partial charge on any atom is -0.352 e. The number of carbonyl (C=O) groups excluding carboxylic acids is 1. The first-order chi connectivity index (χ1) is 18.1. The molecule has 8 heteroatoms. The van der Waals surface area contributed by atoms with Gasteiger partial charge in [0.05, 0.1) is 5.39 Å². The van der Waals surface area contributed by atoms with Gasteiger partial charge in [0.25, 0.3) is 5.91 Å². The highest BCUT2D eigenvalue weighted by Crippen LogP contribution is 2.37. The van der Waals surface area contributed by atoms with Crippen LogP contribution in [0.3, 0.4) is 0 Å². The molecule has 0 atom stereocenters. The Morgan fingerprint density at radius 2 is 1.54 bits per heavy atom. The Morgan fingerprint density at radius 3 is 2.27 bits per heavy atom. The Morgan fingerprint density at radius 1 is 0.784 bits per heavy atom. The van der Waals surface area contributed by atoms with E-state index in [1.54, 1.807) is 30.6 Å². The molecule has 1 saturated heterocycles. The summed E-state index contributed by atoms with van der Waals surface area (Å²) in [6, 6.07) is 25.0. The van der Waals surface area contributed by atoms with Crippen LogP contribution in [0.2, 0.25) is 10.0 Å². The van der Waals surface area contributed by atoms with Crippen LogP contribution in [-0.4, -0.2) is 51.5 Å². The van der Waals surface area contributed by atoms with E-state index in [0.717, 1.165) is 33.7 Å². The van der Waals surface area contributed by atoms with E-state index < -0.39 is 0 Å². The maximum absolute atomic E-state index is 13.0.